The summed E-state index contributed by atoms with van der Waals surface area (Å²) in [5.74, 6) is 1.03. The van der Waals surface area contributed by atoms with Crippen LogP contribution in [0.4, 0.5) is 4.39 Å². The van der Waals surface area contributed by atoms with E-state index in [0.29, 0.717) is 24.9 Å². The number of allylic oxidation sites excluding steroid dienone is 2. The van der Waals surface area contributed by atoms with Crippen LogP contribution in [0.25, 0.3) is 0 Å². The van der Waals surface area contributed by atoms with Crippen LogP contribution in [-0.4, -0.2) is 277 Å². The Hall–Kier alpha value is -6.90. The lowest BCUT2D eigenvalue weighted by Crippen LogP contribution is -2.29. The minimum atomic E-state index is -0.184. The Morgan fingerprint density at radius 3 is 1.34 bits per heavy atom. The highest BCUT2D eigenvalue weighted by Crippen LogP contribution is 2.25. The van der Waals surface area contributed by atoms with Crippen LogP contribution < -0.4 is 28.7 Å². The van der Waals surface area contributed by atoms with Gasteiger partial charge in [0, 0.05) is 162 Å². The summed E-state index contributed by atoms with van der Waals surface area (Å²) in [6, 6.07) is 17.2. The number of aryl methyl sites for hydroxylation is 1. The molecular formula is C88H150FN21. The molecular weight excluding hydrogens is 1370 g/mol. The number of aromatic nitrogens is 4. The van der Waals surface area contributed by atoms with E-state index in [1.54, 1.807) is 0 Å². The average molecular weight is 1520 g/mol. The first-order valence-corrected chi connectivity index (χ1v) is 40.6. The van der Waals surface area contributed by atoms with Gasteiger partial charge in [-0.3, -0.25) is 35.2 Å². The average Bonchev–Trinajstić information content (AvgIpc) is 1.65. The largest absolute Gasteiger partial charge is 0.329 e. The van der Waals surface area contributed by atoms with Crippen molar-refractivity contribution in [1.82, 2.24) is 54.7 Å². The van der Waals surface area contributed by atoms with Crippen molar-refractivity contribution in [2.45, 2.75) is 152 Å². The first kappa shape index (κ1) is 97.3. The van der Waals surface area contributed by atoms with Crippen LogP contribution in [0.5, 0.6) is 0 Å². The normalized spacial score (nSPS) is 14.6. The molecule has 4 aromatic rings. The number of rotatable bonds is 39. The molecule has 0 aliphatic carbocycles. The maximum absolute atomic E-state index is 12.9. The molecule has 22 heteroatoms. The van der Waals surface area contributed by atoms with Gasteiger partial charge in [0.25, 0.3) is 0 Å². The number of nitrogens with two attached hydrogens (primary N) is 5. The second-order valence-corrected chi connectivity index (χ2v) is 31.3. The summed E-state index contributed by atoms with van der Waals surface area (Å²) in [6.45, 7) is 45.6. The van der Waals surface area contributed by atoms with Gasteiger partial charge < -0.3 is 63.0 Å². The third-order valence-electron chi connectivity index (χ3n) is 18.8. The quantitative estimate of drug-likeness (QED) is 0.0219. The Morgan fingerprint density at radius 2 is 0.873 bits per heavy atom. The van der Waals surface area contributed by atoms with Crippen LogP contribution in [-0.2, 0) is 31.3 Å². The predicted octanol–water partition coefficient (Wildman–Crippen LogP) is 11.7. The van der Waals surface area contributed by atoms with E-state index in [2.05, 4.69) is 272 Å². The van der Waals surface area contributed by atoms with Crippen LogP contribution in [0.3, 0.4) is 0 Å². The monoisotopic (exact) mass is 1520 g/mol. The second-order valence-electron chi connectivity index (χ2n) is 31.3. The van der Waals surface area contributed by atoms with Gasteiger partial charge in [-0.1, -0.05) is 155 Å². The first-order valence-electron chi connectivity index (χ1n) is 40.6. The number of nitrogens with zero attached hydrogens (tertiary/aromatic N) is 14. The molecule has 2 aromatic heterocycles. The molecule has 0 spiro atoms. The molecule has 7 heterocycles. The third-order valence-corrected chi connectivity index (χ3v) is 18.8. The first-order chi connectivity index (χ1) is 52.7. The van der Waals surface area contributed by atoms with Gasteiger partial charge in [0.1, 0.15) is 5.82 Å². The number of benzene rings is 2. The second kappa shape index (κ2) is 56.3. The zero-order valence-corrected chi connectivity index (χ0v) is 71.7. The maximum atomic E-state index is 12.9. The Labute approximate surface area is 665 Å². The Kier molecular flexibility index (Phi) is 49.8. The van der Waals surface area contributed by atoms with Gasteiger partial charge in [-0.25, -0.2) is 4.39 Å². The van der Waals surface area contributed by atoms with Crippen LogP contribution in [0, 0.1) is 11.7 Å². The van der Waals surface area contributed by atoms with E-state index >= 15 is 0 Å². The molecule has 0 saturated carbocycles. The Balaban J connectivity index is 0.000000335. The van der Waals surface area contributed by atoms with Crippen molar-refractivity contribution in [3.63, 3.8) is 0 Å². The standard InChI is InChI=1S/C17H23N3.C16H22FN3.2C12H23N3.2C11H21N3.C9H17N3/c1-20(13-11-18)14-16-10-12-19-17(16)9-5-8-15-6-3-2-4-7-15;1-20(11-9-18)12-14-8-10-19-16(14)7-4-13-2-5-15(17)6-3-13;1-10(2)8-12-11(4-6-14-12)9-15(3)7-5-13;1-6-7-15(5)9-10-8-13-14-11(10)12(2,3)4;1-5-6-14(4)8-10-7-12-13-11(10)9(2)3;1-3-4-11-10(5-7-13-11)9-14(2)8-6-12;1-8-9(3-5-11-8)7-12(2)6-4-10/h2-7,9-10H,8,11-14,18H2,1H3;2-3,5-6,8H,4,7,9-12,18H2,1H3;4,10H,5-9,13H2,1-3H3;8H,6-7,9H2,1-5H3,(H,13,14);7,9H,5-6,8H2,1-4H3,(H,12,13);5H,3-4,6-9,12H2,1-2H3;3H,4-7,10H2,1-2H3/b9-5+;;;;;;. The van der Waals surface area contributed by atoms with E-state index in [1.165, 1.54) is 110 Å². The topological polar surface area (TPSA) is 272 Å². The fourth-order valence-corrected chi connectivity index (χ4v) is 13.0. The van der Waals surface area contributed by atoms with E-state index in [-0.39, 0.29) is 11.2 Å². The van der Waals surface area contributed by atoms with Crippen LogP contribution in [0.1, 0.15) is 154 Å². The van der Waals surface area contributed by atoms with E-state index in [1.807, 2.05) is 30.6 Å². The minimum absolute atomic E-state index is 0.152. The summed E-state index contributed by atoms with van der Waals surface area (Å²) in [5.41, 5.74) is 48.3. The molecule has 0 unspecified atom stereocenters. The molecule has 12 N–H and O–H groups in total. The highest BCUT2D eigenvalue weighted by atomic mass is 19.1. The molecule has 0 saturated heterocycles. The number of aliphatic imine (C=N–C) groups is 5. The minimum Gasteiger partial charge on any atom is -0.329 e. The summed E-state index contributed by atoms with van der Waals surface area (Å²) in [7, 11) is 14.8. The van der Waals surface area contributed by atoms with Gasteiger partial charge in [0.05, 0.1) is 50.8 Å². The Bertz CT molecular complexity index is 3500. The van der Waals surface area contributed by atoms with Gasteiger partial charge in [-0.15, -0.1) is 0 Å². The van der Waals surface area contributed by atoms with Crippen LogP contribution in [0.15, 0.2) is 162 Å². The van der Waals surface area contributed by atoms with Crippen molar-refractivity contribution in [2.75, 3.05) is 193 Å². The van der Waals surface area contributed by atoms with Crippen LogP contribution in [0.2, 0.25) is 0 Å². The van der Waals surface area contributed by atoms with Crippen molar-refractivity contribution in [2.24, 2.45) is 59.5 Å². The summed E-state index contributed by atoms with van der Waals surface area (Å²) in [5, 5.41) is 14.4. The van der Waals surface area contributed by atoms with Gasteiger partial charge in [-0.2, -0.15) is 10.2 Å². The molecule has 0 bridgehead atoms. The molecule has 5 aliphatic rings. The molecule has 0 fully saturated rings. The number of hydrogen-bond donors (Lipinski definition) is 7. The van der Waals surface area contributed by atoms with Crippen molar-refractivity contribution < 1.29 is 4.39 Å². The number of hydrogen-bond acceptors (Lipinski definition) is 19. The van der Waals surface area contributed by atoms with E-state index in [4.69, 9.17) is 28.7 Å². The molecule has 21 nitrogen and oxygen atoms in total. The number of H-pyrrole nitrogens is 2. The molecule has 9 rings (SSSR count). The van der Waals surface area contributed by atoms with Crippen molar-refractivity contribution in [3.8, 4) is 0 Å². The fourth-order valence-electron chi connectivity index (χ4n) is 13.0. The molecule has 0 amide bonds. The van der Waals surface area contributed by atoms with Gasteiger partial charge in [0.15, 0.2) is 0 Å². The van der Waals surface area contributed by atoms with E-state index in [0.717, 1.165) is 187 Å². The number of likely N-dealkylation sites (N-methyl/N-ethyl adjacent to an activating group) is 5. The number of nitrogens with one attached hydrogen (secondary N) is 2. The van der Waals surface area contributed by atoms with E-state index in [9.17, 15) is 4.39 Å². The zero-order chi connectivity index (χ0) is 81.2. The highest BCUT2D eigenvalue weighted by Gasteiger charge is 2.22. The highest BCUT2D eigenvalue weighted by molar-refractivity contribution is 6.10. The molecule has 0 radical (unpaired) electrons. The lowest BCUT2D eigenvalue weighted by atomic mass is 9.89. The Morgan fingerprint density at radius 1 is 0.455 bits per heavy atom. The number of aromatic amines is 2. The lowest BCUT2D eigenvalue weighted by molar-refractivity contribution is 0.324. The van der Waals surface area contributed by atoms with Gasteiger partial charge in [0.2, 0.25) is 0 Å². The predicted molar refractivity (Wildman–Crippen MR) is 472 cm³/mol. The van der Waals surface area contributed by atoms with E-state index < -0.39 is 0 Å². The summed E-state index contributed by atoms with van der Waals surface area (Å²) < 4.78 is 12.9. The van der Waals surface area contributed by atoms with Crippen LogP contribution >= 0.6 is 0 Å². The summed E-state index contributed by atoms with van der Waals surface area (Å²) >= 11 is 0. The SMILES string of the molecule is CC(C)CC1=NCC=C1CN(C)CCN.CC1=NCC=C1CN(C)CCN.CCCC1=NCC=C1CN(C)CCN.CCCN(C)Cc1cn[nH]c1C(C)(C)C.CCCN(C)Cc1cn[nH]c1C(C)C.CN(CCN)CC1=CCN=C1/C=C/Cc1ccccc1.CN(CCN)CC1=CCN=C1CCc1ccc(F)cc1. The van der Waals surface area contributed by atoms with Crippen molar-refractivity contribution in [1.29, 1.82) is 0 Å². The van der Waals surface area contributed by atoms with Crippen molar-refractivity contribution in [3.05, 3.63) is 177 Å². The molecule has 5 aliphatic heterocycles. The third kappa shape index (κ3) is 40.5. The molecule has 110 heavy (non-hydrogen) atoms. The molecule has 0 atom stereocenters. The molecule has 2 aromatic carbocycles. The van der Waals surface area contributed by atoms with Crippen molar-refractivity contribution >= 4 is 28.6 Å². The maximum Gasteiger partial charge on any atom is 0.123 e. The summed E-state index contributed by atoms with van der Waals surface area (Å²) in [4.78, 5) is 38.3. The summed E-state index contributed by atoms with van der Waals surface area (Å²) in [6.07, 6.45) is 27.8. The smallest absolute Gasteiger partial charge is 0.123 e. The fraction of sp³-hybridized carbons (Fsp3) is 0.602. The molecule has 614 valence electrons. The van der Waals surface area contributed by atoms with Gasteiger partial charge >= 0.3 is 0 Å². The lowest BCUT2D eigenvalue weighted by Gasteiger charge is -2.21. The number of halogens is 1. The van der Waals surface area contributed by atoms with Gasteiger partial charge in [-0.05, 0) is 183 Å². The zero-order valence-electron chi connectivity index (χ0n) is 71.7.